The maximum absolute atomic E-state index is 15.1. The van der Waals surface area contributed by atoms with E-state index in [4.69, 9.17) is 10.5 Å². The number of hydrogen-bond acceptors (Lipinski definition) is 8. The molecule has 0 spiro atoms. The Morgan fingerprint density at radius 1 is 1.42 bits per heavy atom. The molecule has 1 aromatic carbocycles. The molecule has 3 unspecified atom stereocenters. The van der Waals surface area contributed by atoms with Gasteiger partial charge in [-0.15, -0.1) is 0 Å². The van der Waals surface area contributed by atoms with E-state index in [0.29, 0.717) is 12.1 Å². The van der Waals surface area contributed by atoms with Crippen molar-refractivity contribution in [1.29, 1.82) is 5.26 Å². The fourth-order valence-electron chi connectivity index (χ4n) is 4.34. The number of nitrogens with zero attached hydrogens (tertiary/aromatic N) is 4. The predicted octanol–water partition coefficient (Wildman–Crippen LogP) is 2.69. The summed E-state index contributed by atoms with van der Waals surface area (Å²) < 4.78 is 37.7. The number of rotatable bonds is 5. The van der Waals surface area contributed by atoms with Crippen molar-refractivity contribution in [2.24, 2.45) is 22.1 Å². The van der Waals surface area contributed by atoms with Crippen LogP contribution in [0.25, 0.3) is 0 Å². The van der Waals surface area contributed by atoms with Gasteiger partial charge < -0.3 is 20.5 Å². The smallest absolute Gasteiger partial charge is 0.275 e. The topological polar surface area (TPSA) is 136 Å². The first-order valence-corrected chi connectivity index (χ1v) is 10.2. The molecule has 4 atom stereocenters. The van der Waals surface area contributed by atoms with Crippen LogP contribution < -0.4 is 15.8 Å². The van der Waals surface area contributed by atoms with Crippen molar-refractivity contribution in [2.45, 2.75) is 31.9 Å². The van der Waals surface area contributed by atoms with Gasteiger partial charge >= 0.3 is 0 Å². The number of carbonyl (C=O) groups excluding carboxylic acids is 1. The van der Waals surface area contributed by atoms with Gasteiger partial charge in [0.05, 0.1) is 31.2 Å². The van der Waals surface area contributed by atoms with Crippen molar-refractivity contribution >= 4 is 17.4 Å². The van der Waals surface area contributed by atoms with Crippen LogP contribution in [0.2, 0.25) is 0 Å². The Kier molecular flexibility index (Phi) is 5.71. The SMILES string of the molecule is CC1OCC2(c3cc(NC(=O)c4cnc(OCF)cn4)ccc3F)N=C(N)C(C)(C#N)C[C@H]12. The second kappa shape index (κ2) is 8.37. The standard InChI is InChI=1S/C22H22F2N6O3/c1-12-15-6-21(2,9-25)20(26)30-22(15,10-32-12)14-5-13(3-4-16(14)24)29-19(31)17-7-28-18(8-27-17)33-11-23/h3-5,7-8,12,15H,6,10-11H2,1-2H3,(H2,26,30)(H,29,31)/t12?,15-,21?,22?/m1/s1. The molecule has 1 saturated heterocycles. The molecule has 0 radical (unpaired) electrons. The van der Waals surface area contributed by atoms with Crippen molar-refractivity contribution < 1.29 is 23.0 Å². The summed E-state index contributed by atoms with van der Waals surface area (Å²) in [5.41, 5.74) is 4.55. The molecule has 2 aliphatic rings. The lowest BCUT2D eigenvalue weighted by molar-refractivity contribution is 0.0995. The highest BCUT2D eigenvalue weighted by Crippen LogP contribution is 2.52. The van der Waals surface area contributed by atoms with Crippen molar-refractivity contribution in [3.63, 3.8) is 0 Å². The number of carbonyl (C=O) groups is 1. The summed E-state index contributed by atoms with van der Waals surface area (Å²) in [5.74, 6) is -1.35. The summed E-state index contributed by atoms with van der Waals surface area (Å²) in [5, 5.41) is 12.3. The number of halogens is 2. The van der Waals surface area contributed by atoms with Gasteiger partial charge in [0, 0.05) is 17.2 Å². The van der Waals surface area contributed by atoms with Crippen LogP contribution in [0, 0.1) is 28.5 Å². The number of nitrogens with two attached hydrogens (primary N) is 1. The minimum absolute atomic E-state index is 0.0364. The lowest BCUT2D eigenvalue weighted by Gasteiger charge is -2.41. The van der Waals surface area contributed by atoms with E-state index in [2.05, 4.69) is 31.1 Å². The summed E-state index contributed by atoms with van der Waals surface area (Å²) in [4.78, 5) is 24.9. The largest absolute Gasteiger partial charge is 0.445 e. The Balaban J connectivity index is 1.67. The summed E-state index contributed by atoms with van der Waals surface area (Å²) in [6.07, 6.45) is 2.35. The van der Waals surface area contributed by atoms with Crippen molar-refractivity contribution in [3.8, 4) is 11.9 Å². The maximum atomic E-state index is 15.1. The molecule has 2 aliphatic heterocycles. The zero-order chi connectivity index (χ0) is 23.8. The van der Waals surface area contributed by atoms with Gasteiger partial charge in [0.2, 0.25) is 12.7 Å². The number of hydrogen-bond donors (Lipinski definition) is 2. The van der Waals surface area contributed by atoms with Crippen LogP contribution in [0.4, 0.5) is 14.5 Å². The highest BCUT2D eigenvalue weighted by molar-refractivity contribution is 6.02. The molecule has 172 valence electrons. The summed E-state index contributed by atoms with van der Waals surface area (Å²) in [7, 11) is 0. The summed E-state index contributed by atoms with van der Waals surface area (Å²) in [6, 6.07) is 6.33. The quantitative estimate of drug-likeness (QED) is 0.706. The minimum Gasteiger partial charge on any atom is -0.445 e. The second-order valence-electron chi connectivity index (χ2n) is 8.33. The molecule has 33 heavy (non-hydrogen) atoms. The van der Waals surface area contributed by atoms with E-state index in [1.807, 2.05) is 6.92 Å². The van der Waals surface area contributed by atoms with E-state index in [1.165, 1.54) is 18.2 Å². The van der Waals surface area contributed by atoms with E-state index in [1.54, 1.807) is 6.92 Å². The Labute approximate surface area is 188 Å². The molecule has 1 aromatic heterocycles. The van der Waals surface area contributed by atoms with Gasteiger partial charge in [0.25, 0.3) is 5.91 Å². The Morgan fingerprint density at radius 2 is 2.21 bits per heavy atom. The fraction of sp³-hybridized carbons (Fsp3) is 0.409. The molecular weight excluding hydrogens is 434 g/mol. The number of benzene rings is 1. The van der Waals surface area contributed by atoms with Gasteiger partial charge in [-0.05, 0) is 38.5 Å². The number of anilines is 1. The van der Waals surface area contributed by atoms with Gasteiger partial charge in [0.15, 0.2) is 0 Å². The van der Waals surface area contributed by atoms with Crippen LogP contribution in [-0.4, -0.2) is 41.3 Å². The summed E-state index contributed by atoms with van der Waals surface area (Å²) >= 11 is 0. The van der Waals surface area contributed by atoms with Crippen LogP contribution in [0.15, 0.2) is 35.6 Å². The average Bonchev–Trinajstić information content (AvgIpc) is 3.12. The zero-order valence-electron chi connectivity index (χ0n) is 18.0. The van der Waals surface area contributed by atoms with Crippen molar-refractivity contribution in [1.82, 2.24) is 9.97 Å². The van der Waals surface area contributed by atoms with Gasteiger partial charge in [0.1, 0.15) is 28.3 Å². The molecule has 0 saturated carbocycles. The molecule has 11 heteroatoms. The Bertz CT molecular complexity index is 1150. The molecule has 2 aromatic rings. The summed E-state index contributed by atoms with van der Waals surface area (Å²) in [6.45, 7) is 2.60. The number of aliphatic imine (C=N–C) groups is 1. The first kappa shape index (κ1) is 22.5. The van der Waals surface area contributed by atoms with E-state index in [-0.39, 0.29) is 41.6 Å². The van der Waals surface area contributed by atoms with Crippen molar-refractivity contribution in [3.05, 3.63) is 47.7 Å². The minimum atomic E-state index is -1.12. The number of amides is 1. The highest BCUT2D eigenvalue weighted by Gasteiger charge is 2.57. The van der Waals surface area contributed by atoms with Gasteiger partial charge in [-0.25, -0.2) is 18.7 Å². The molecule has 3 N–H and O–H groups in total. The molecule has 1 fully saturated rings. The number of alkyl halides is 1. The van der Waals surface area contributed by atoms with Crippen LogP contribution >= 0.6 is 0 Å². The lowest BCUT2D eigenvalue weighted by Crippen LogP contribution is -2.49. The predicted molar refractivity (Wildman–Crippen MR) is 114 cm³/mol. The number of amidine groups is 1. The molecule has 3 heterocycles. The number of aromatic nitrogens is 2. The van der Waals surface area contributed by atoms with Gasteiger partial charge in [-0.2, -0.15) is 5.26 Å². The van der Waals surface area contributed by atoms with Gasteiger partial charge in [-0.3, -0.25) is 9.79 Å². The lowest BCUT2D eigenvalue weighted by atomic mass is 9.67. The van der Waals surface area contributed by atoms with E-state index in [9.17, 15) is 14.4 Å². The maximum Gasteiger partial charge on any atom is 0.275 e. The van der Waals surface area contributed by atoms with Crippen LogP contribution in [0.5, 0.6) is 5.88 Å². The molecular formula is C22H22F2N6O3. The molecule has 9 nitrogen and oxygen atoms in total. The first-order valence-electron chi connectivity index (χ1n) is 10.2. The number of fused-ring (bicyclic) bond motifs is 1. The Morgan fingerprint density at radius 3 is 2.88 bits per heavy atom. The third kappa shape index (κ3) is 3.87. The van der Waals surface area contributed by atoms with Crippen molar-refractivity contribution in [2.75, 3.05) is 18.8 Å². The molecule has 0 aliphatic carbocycles. The van der Waals surface area contributed by atoms with Crippen LogP contribution in [-0.2, 0) is 10.3 Å². The second-order valence-corrected chi connectivity index (χ2v) is 8.33. The Hall–Kier alpha value is -3.65. The van der Waals surface area contributed by atoms with E-state index in [0.717, 1.165) is 12.4 Å². The third-order valence-corrected chi connectivity index (χ3v) is 6.26. The molecule has 4 rings (SSSR count). The number of nitrogens with one attached hydrogen (secondary N) is 1. The van der Waals surface area contributed by atoms with Crippen LogP contribution in [0.1, 0.15) is 36.3 Å². The van der Waals surface area contributed by atoms with Gasteiger partial charge in [-0.1, -0.05) is 0 Å². The fourth-order valence-corrected chi connectivity index (χ4v) is 4.34. The normalized spacial score (nSPS) is 28.4. The molecule has 0 bridgehead atoms. The van der Waals surface area contributed by atoms with E-state index >= 15 is 4.39 Å². The molecule has 1 amide bonds. The zero-order valence-corrected chi connectivity index (χ0v) is 18.0. The number of nitriles is 1. The highest BCUT2D eigenvalue weighted by atomic mass is 19.1. The van der Waals surface area contributed by atoms with Crippen LogP contribution in [0.3, 0.4) is 0 Å². The third-order valence-electron chi connectivity index (χ3n) is 6.26. The first-order chi connectivity index (χ1) is 15.7. The monoisotopic (exact) mass is 456 g/mol. The average molecular weight is 456 g/mol. The van der Waals surface area contributed by atoms with E-state index < -0.39 is 29.5 Å². The number of ether oxygens (including phenoxy) is 2.